The number of nitrogens with zero attached hydrogens (tertiary/aromatic N) is 1. The van der Waals surface area contributed by atoms with Crippen LogP contribution in [0.2, 0.25) is 0 Å². The zero-order valence-electron chi connectivity index (χ0n) is 6.79. The molecule has 0 aliphatic carbocycles. The Kier molecular flexibility index (Phi) is 4.02. The highest BCUT2D eigenvalue weighted by Crippen LogP contribution is 1.95. The van der Waals surface area contributed by atoms with Crippen molar-refractivity contribution in [2.75, 3.05) is 7.05 Å². The number of carbonyl (C=O) groups excluding carboxylic acids is 1. The van der Waals surface area contributed by atoms with Crippen molar-refractivity contribution in [1.29, 1.82) is 0 Å². The van der Waals surface area contributed by atoms with Crippen LogP contribution in [0, 0.1) is 0 Å². The third-order valence-electron chi connectivity index (χ3n) is 1.24. The molecule has 0 aromatic carbocycles. The van der Waals surface area contributed by atoms with Gasteiger partial charge in [0.1, 0.15) is 6.04 Å². The number of hydrogen-bond donors (Lipinski definition) is 3. The van der Waals surface area contributed by atoms with Gasteiger partial charge >= 0.3 is 0 Å². The molecule has 5 N–H and O–H groups in total. The van der Waals surface area contributed by atoms with E-state index < -0.39 is 6.04 Å². The maximum Gasteiger partial charge on any atom is 0.244 e. The smallest absolute Gasteiger partial charge is 0.244 e. The van der Waals surface area contributed by atoms with Crippen LogP contribution in [-0.4, -0.2) is 25.0 Å². The van der Waals surface area contributed by atoms with Crippen LogP contribution >= 0.6 is 0 Å². The van der Waals surface area contributed by atoms with Gasteiger partial charge in [-0.05, 0) is 6.42 Å². The first-order chi connectivity index (χ1) is 5.11. The van der Waals surface area contributed by atoms with Crippen LogP contribution in [0.3, 0.4) is 0 Å². The minimum Gasteiger partial charge on any atom is -0.370 e. The number of carbonyl (C=O) groups is 1. The molecular weight excluding hydrogens is 144 g/mol. The maximum absolute atomic E-state index is 10.9. The Morgan fingerprint density at radius 3 is 2.45 bits per heavy atom. The van der Waals surface area contributed by atoms with E-state index in [-0.39, 0.29) is 11.9 Å². The van der Waals surface area contributed by atoms with Gasteiger partial charge < -0.3 is 16.8 Å². The molecule has 11 heavy (non-hydrogen) atoms. The van der Waals surface area contributed by atoms with Gasteiger partial charge in [0.2, 0.25) is 5.91 Å². The average molecular weight is 158 g/mol. The number of rotatable bonds is 3. The molecule has 1 atom stereocenters. The second kappa shape index (κ2) is 4.54. The molecule has 0 heterocycles. The van der Waals surface area contributed by atoms with E-state index >= 15 is 0 Å². The lowest BCUT2D eigenvalue weighted by molar-refractivity contribution is -0.121. The summed E-state index contributed by atoms with van der Waals surface area (Å²) in [6.45, 7) is 1.84. The first-order valence-corrected chi connectivity index (χ1v) is 3.42. The van der Waals surface area contributed by atoms with Gasteiger partial charge in [-0.2, -0.15) is 0 Å². The number of nitrogens with one attached hydrogen (secondary N) is 1. The van der Waals surface area contributed by atoms with Crippen molar-refractivity contribution in [3.8, 4) is 0 Å². The van der Waals surface area contributed by atoms with Crippen LogP contribution in [0.15, 0.2) is 4.99 Å². The Morgan fingerprint density at radius 2 is 2.18 bits per heavy atom. The number of nitrogens with two attached hydrogens (primary N) is 2. The quantitative estimate of drug-likeness (QED) is 0.355. The third kappa shape index (κ3) is 3.44. The van der Waals surface area contributed by atoms with E-state index in [0.29, 0.717) is 6.42 Å². The lowest BCUT2D eigenvalue weighted by atomic mass is 10.2. The number of aliphatic imine (C=N–C) groups is 1. The van der Waals surface area contributed by atoms with Crippen molar-refractivity contribution in [3.63, 3.8) is 0 Å². The predicted octanol–water partition coefficient (Wildman–Crippen LogP) is -1.22. The molecule has 0 aromatic heterocycles. The van der Waals surface area contributed by atoms with Gasteiger partial charge in [0.05, 0.1) is 0 Å². The summed E-state index contributed by atoms with van der Waals surface area (Å²) in [5.41, 5.74) is 10.2. The summed E-state index contributed by atoms with van der Waals surface area (Å²) >= 11 is 0. The second-order valence-electron chi connectivity index (χ2n) is 2.09. The fourth-order valence-corrected chi connectivity index (χ4v) is 0.682. The van der Waals surface area contributed by atoms with E-state index in [4.69, 9.17) is 11.5 Å². The fraction of sp³-hybridized carbons (Fsp3) is 0.667. The lowest BCUT2D eigenvalue weighted by Crippen LogP contribution is -2.34. The van der Waals surface area contributed by atoms with Crippen LogP contribution in [-0.2, 0) is 4.79 Å². The molecule has 0 fully saturated rings. The summed E-state index contributed by atoms with van der Waals surface area (Å²) in [6, 6.07) is -0.454. The summed E-state index contributed by atoms with van der Waals surface area (Å²) in [6.07, 6.45) is 0.595. The number of hydrogen-bond acceptors (Lipinski definition) is 2. The van der Waals surface area contributed by atoms with Gasteiger partial charge in [0, 0.05) is 7.05 Å². The van der Waals surface area contributed by atoms with Crippen molar-refractivity contribution in [3.05, 3.63) is 0 Å². The monoisotopic (exact) mass is 158 g/mol. The van der Waals surface area contributed by atoms with Crippen molar-refractivity contribution in [2.45, 2.75) is 19.4 Å². The molecule has 0 spiro atoms. The van der Waals surface area contributed by atoms with Gasteiger partial charge in [-0.3, -0.25) is 4.79 Å². The van der Waals surface area contributed by atoms with Gasteiger partial charge in [0.25, 0.3) is 0 Å². The third-order valence-corrected chi connectivity index (χ3v) is 1.24. The van der Waals surface area contributed by atoms with E-state index in [0.717, 1.165) is 0 Å². The molecule has 0 bridgehead atoms. The molecule has 0 saturated carbocycles. The minimum absolute atomic E-state index is 0.0551. The van der Waals surface area contributed by atoms with Gasteiger partial charge in [0.15, 0.2) is 5.96 Å². The van der Waals surface area contributed by atoms with E-state index in [1.54, 1.807) is 7.05 Å². The van der Waals surface area contributed by atoms with E-state index in [1.807, 2.05) is 6.92 Å². The Bertz CT molecular complexity index is 162. The highest BCUT2D eigenvalue weighted by molar-refractivity contribution is 5.85. The van der Waals surface area contributed by atoms with Gasteiger partial charge in [-0.1, -0.05) is 6.92 Å². The Morgan fingerprint density at radius 1 is 1.64 bits per heavy atom. The zero-order chi connectivity index (χ0) is 8.85. The Labute approximate surface area is 65.9 Å². The normalized spacial score (nSPS) is 11.8. The topological polar surface area (TPSA) is 93.5 Å². The standard InChI is InChI=1S/C6H14N4O/c1-3-4(5(11)9-2)10-6(7)8/h4H,3H2,1-2H3,(H,9,11)(H4,7,8,10). The average Bonchev–Trinajstić information content (AvgIpc) is 1.98. The summed E-state index contributed by atoms with van der Waals surface area (Å²) in [7, 11) is 1.55. The molecule has 5 heteroatoms. The molecule has 64 valence electrons. The van der Waals surface area contributed by atoms with E-state index in [1.165, 1.54) is 0 Å². The first-order valence-electron chi connectivity index (χ1n) is 3.42. The molecule has 0 radical (unpaired) electrons. The summed E-state index contributed by atoms with van der Waals surface area (Å²) in [5, 5.41) is 2.46. The lowest BCUT2D eigenvalue weighted by Gasteiger charge is -2.07. The van der Waals surface area contributed by atoms with Crippen molar-refractivity contribution >= 4 is 11.9 Å². The van der Waals surface area contributed by atoms with Crippen LogP contribution in [0.5, 0.6) is 0 Å². The molecule has 5 nitrogen and oxygen atoms in total. The van der Waals surface area contributed by atoms with Gasteiger partial charge in [-0.25, -0.2) is 4.99 Å². The SMILES string of the molecule is CCC(N=C(N)N)C(=O)NC. The minimum atomic E-state index is -0.454. The molecule has 1 amide bonds. The molecule has 1 unspecified atom stereocenters. The molecule has 0 rings (SSSR count). The number of guanidine groups is 1. The summed E-state index contributed by atoms with van der Waals surface area (Å²) < 4.78 is 0. The molecule has 0 aliphatic rings. The first kappa shape index (κ1) is 9.74. The molecule has 0 aliphatic heterocycles. The molecular formula is C6H14N4O. The van der Waals surface area contributed by atoms with Crippen molar-refractivity contribution in [2.24, 2.45) is 16.5 Å². The predicted molar refractivity (Wildman–Crippen MR) is 44.0 cm³/mol. The second-order valence-corrected chi connectivity index (χ2v) is 2.09. The van der Waals surface area contributed by atoms with Crippen LogP contribution < -0.4 is 16.8 Å². The fourth-order valence-electron chi connectivity index (χ4n) is 0.682. The highest BCUT2D eigenvalue weighted by Gasteiger charge is 2.12. The van der Waals surface area contributed by atoms with Gasteiger partial charge in [-0.15, -0.1) is 0 Å². The van der Waals surface area contributed by atoms with Crippen molar-refractivity contribution < 1.29 is 4.79 Å². The Balaban J connectivity index is 4.17. The number of amides is 1. The zero-order valence-corrected chi connectivity index (χ0v) is 6.79. The summed E-state index contributed by atoms with van der Waals surface area (Å²) in [5.74, 6) is -0.221. The van der Waals surface area contributed by atoms with E-state index in [2.05, 4.69) is 10.3 Å². The number of likely N-dealkylation sites (N-methyl/N-ethyl adjacent to an activating group) is 1. The summed E-state index contributed by atoms with van der Waals surface area (Å²) in [4.78, 5) is 14.7. The molecule has 0 aromatic rings. The van der Waals surface area contributed by atoms with E-state index in [9.17, 15) is 4.79 Å². The maximum atomic E-state index is 10.9. The van der Waals surface area contributed by atoms with Crippen molar-refractivity contribution in [1.82, 2.24) is 5.32 Å². The Hall–Kier alpha value is -1.26. The van der Waals surface area contributed by atoms with Crippen LogP contribution in [0.1, 0.15) is 13.3 Å². The highest BCUT2D eigenvalue weighted by atomic mass is 16.2. The molecule has 0 saturated heterocycles. The van der Waals surface area contributed by atoms with Crippen LogP contribution in [0.25, 0.3) is 0 Å². The van der Waals surface area contributed by atoms with Crippen LogP contribution in [0.4, 0.5) is 0 Å². The largest absolute Gasteiger partial charge is 0.370 e.